The van der Waals surface area contributed by atoms with Crippen LogP contribution < -0.4 is 5.32 Å². The highest BCUT2D eigenvalue weighted by Crippen LogP contribution is 2.20. The molecule has 0 saturated carbocycles. The summed E-state index contributed by atoms with van der Waals surface area (Å²) in [6, 6.07) is 5.82. The number of ether oxygens (including phenoxy) is 1. The lowest BCUT2D eigenvalue weighted by Gasteiger charge is -2.06. The molecule has 0 heterocycles. The molecular weight excluding hydrogens is 246 g/mol. The van der Waals surface area contributed by atoms with E-state index in [0.717, 1.165) is 15.7 Å². The molecule has 0 radical (unpaired) electrons. The molecule has 0 fully saturated rings. The third-order valence-electron chi connectivity index (χ3n) is 1.84. The van der Waals surface area contributed by atoms with Gasteiger partial charge in [0, 0.05) is 10.2 Å². The zero-order chi connectivity index (χ0) is 10.6. The highest BCUT2D eigenvalue weighted by molar-refractivity contribution is 9.10. The number of carbonyl (C=O) groups is 1. The Morgan fingerprint density at radius 1 is 1.57 bits per heavy atom. The van der Waals surface area contributed by atoms with Crippen LogP contribution in [0.25, 0.3) is 0 Å². The van der Waals surface area contributed by atoms with Crippen molar-refractivity contribution in [2.45, 2.75) is 6.92 Å². The van der Waals surface area contributed by atoms with Crippen LogP contribution in [0.3, 0.4) is 0 Å². The van der Waals surface area contributed by atoms with Crippen LogP contribution >= 0.6 is 15.9 Å². The molecule has 0 aliphatic rings. The number of aryl methyl sites for hydroxylation is 1. The van der Waals surface area contributed by atoms with E-state index in [1.165, 1.54) is 7.11 Å². The number of nitrogens with one attached hydrogen (secondary N) is 1. The Labute approximate surface area is 91.6 Å². The van der Waals surface area contributed by atoms with Crippen molar-refractivity contribution in [3.63, 3.8) is 0 Å². The Morgan fingerprint density at radius 2 is 2.29 bits per heavy atom. The molecule has 1 aromatic rings. The van der Waals surface area contributed by atoms with Crippen molar-refractivity contribution in [3.8, 4) is 0 Å². The minimum absolute atomic E-state index is 0.187. The van der Waals surface area contributed by atoms with Crippen LogP contribution in [0.1, 0.15) is 5.56 Å². The minimum Gasteiger partial charge on any atom is -0.468 e. The molecule has 3 nitrogen and oxygen atoms in total. The van der Waals surface area contributed by atoms with Gasteiger partial charge in [0.15, 0.2) is 0 Å². The first kappa shape index (κ1) is 11.0. The van der Waals surface area contributed by atoms with Crippen LogP contribution in [-0.2, 0) is 9.53 Å². The van der Waals surface area contributed by atoms with E-state index in [1.807, 2.05) is 25.1 Å². The van der Waals surface area contributed by atoms with Crippen LogP contribution in [0.5, 0.6) is 0 Å². The van der Waals surface area contributed by atoms with Gasteiger partial charge in [-0.3, -0.25) is 4.79 Å². The van der Waals surface area contributed by atoms with E-state index >= 15 is 0 Å². The molecule has 0 aliphatic carbocycles. The molecule has 0 spiro atoms. The topological polar surface area (TPSA) is 38.3 Å². The predicted octanol–water partition coefficient (Wildman–Crippen LogP) is 2.34. The first-order valence-corrected chi connectivity index (χ1v) is 4.99. The van der Waals surface area contributed by atoms with Crippen LogP contribution in [0.4, 0.5) is 5.69 Å². The van der Waals surface area contributed by atoms with Crippen LogP contribution in [0.15, 0.2) is 22.7 Å². The Hall–Kier alpha value is -1.03. The van der Waals surface area contributed by atoms with Crippen molar-refractivity contribution in [2.75, 3.05) is 19.0 Å². The van der Waals surface area contributed by atoms with Crippen molar-refractivity contribution < 1.29 is 9.53 Å². The molecule has 14 heavy (non-hydrogen) atoms. The number of esters is 1. The first-order valence-electron chi connectivity index (χ1n) is 4.20. The van der Waals surface area contributed by atoms with Gasteiger partial charge < -0.3 is 10.1 Å². The summed E-state index contributed by atoms with van der Waals surface area (Å²) in [5.74, 6) is -0.276. The van der Waals surface area contributed by atoms with E-state index in [-0.39, 0.29) is 12.5 Å². The summed E-state index contributed by atoms with van der Waals surface area (Å²) < 4.78 is 5.53. The van der Waals surface area contributed by atoms with Gasteiger partial charge in [-0.05, 0) is 24.6 Å². The molecule has 0 atom stereocenters. The highest BCUT2D eigenvalue weighted by atomic mass is 79.9. The van der Waals surface area contributed by atoms with Gasteiger partial charge in [-0.1, -0.05) is 22.0 Å². The van der Waals surface area contributed by atoms with Gasteiger partial charge in [0.2, 0.25) is 0 Å². The number of hydrogen-bond donors (Lipinski definition) is 1. The van der Waals surface area contributed by atoms with E-state index in [9.17, 15) is 4.79 Å². The maximum absolute atomic E-state index is 10.8. The highest BCUT2D eigenvalue weighted by Gasteiger charge is 2.00. The molecule has 0 saturated heterocycles. The molecule has 0 aliphatic heterocycles. The van der Waals surface area contributed by atoms with Crippen molar-refractivity contribution in [3.05, 3.63) is 28.2 Å². The van der Waals surface area contributed by atoms with Gasteiger partial charge in [0.25, 0.3) is 0 Å². The normalized spacial score (nSPS) is 9.64. The smallest absolute Gasteiger partial charge is 0.325 e. The van der Waals surface area contributed by atoms with Crippen LogP contribution in [0, 0.1) is 6.92 Å². The molecule has 0 aromatic heterocycles. The van der Waals surface area contributed by atoms with Gasteiger partial charge in [0.05, 0.1) is 7.11 Å². The molecule has 1 rings (SSSR count). The van der Waals surface area contributed by atoms with E-state index in [4.69, 9.17) is 0 Å². The number of carbonyl (C=O) groups excluding carboxylic acids is 1. The summed E-state index contributed by atoms with van der Waals surface area (Å²) in [6.07, 6.45) is 0. The molecule has 76 valence electrons. The van der Waals surface area contributed by atoms with Gasteiger partial charge in [-0.2, -0.15) is 0 Å². The standard InChI is InChI=1S/C10H12BrNO2/c1-7-3-4-8(5-9(7)11)12-6-10(13)14-2/h3-5,12H,6H2,1-2H3. The lowest BCUT2D eigenvalue weighted by Crippen LogP contribution is -2.14. The summed E-state index contributed by atoms with van der Waals surface area (Å²) in [5, 5.41) is 2.96. The molecule has 0 amide bonds. The van der Waals surface area contributed by atoms with Crippen LogP contribution in [0.2, 0.25) is 0 Å². The second-order valence-electron chi connectivity index (χ2n) is 2.89. The van der Waals surface area contributed by atoms with Crippen LogP contribution in [-0.4, -0.2) is 19.6 Å². The summed E-state index contributed by atoms with van der Waals surface area (Å²) in [6.45, 7) is 2.19. The number of methoxy groups -OCH3 is 1. The average molecular weight is 258 g/mol. The van der Waals surface area contributed by atoms with Gasteiger partial charge in [-0.15, -0.1) is 0 Å². The number of benzene rings is 1. The maximum atomic E-state index is 10.8. The van der Waals surface area contributed by atoms with Gasteiger partial charge in [0.1, 0.15) is 6.54 Å². The van der Waals surface area contributed by atoms with Gasteiger partial charge >= 0.3 is 5.97 Å². The van der Waals surface area contributed by atoms with Crippen molar-refractivity contribution >= 4 is 27.6 Å². The number of anilines is 1. The third-order valence-corrected chi connectivity index (χ3v) is 2.69. The Bertz CT molecular complexity index is 339. The van der Waals surface area contributed by atoms with E-state index < -0.39 is 0 Å². The fourth-order valence-electron chi connectivity index (χ4n) is 0.949. The largest absolute Gasteiger partial charge is 0.468 e. The SMILES string of the molecule is COC(=O)CNc1ccc(C)c(Br)c1. The quantitative estimate of drug-likeness (QED) is 0.845. The first-order chi connectivity index (χ1) is 6.63. The second kappa shape index (κ2) is 5.00. The number of hydrogen-bond acceptors (Lipinski definition) is 3. The Kier molecular flexibility index (Phi) is 3.95. The zero-order valence-electron chi connectivity index (χ0n) is 8.13. The molecule has 4 heteroatoms. The fraction of sp³-hybridized carbons (Fsp3) is 0.300. The van der Waals surface area contributed by atoms with Gasteiger partial charge in [-0.25, -0.2) is 0 Å². The van der Waals surface area contributed by atoms with E-state index in [1.54, 1.807) is 0 Å². The lowest BCUT2D eigenvalue weighted by atomic mass is 10.2. The molecule has 1 N–H and O–H groups in total. The molecular formula is C10H12BrNO2. The Balaban J connectivity index is 2.60. The van der Waals surface area contributed by atoms with E-state index in [2.05, 4.69) is 26.0 Å². The van der Waals surface area contributed by atoms with Crippen molar-refractivity contribution in [2.24, 2.45) is 0 Å². The lowest BCUT2D eigenvalue weighted by molar-refractivity contribution is -0.138. The number of halogens is 1. The summed E-state index contributed by atoms with van der Waals surface area (Å²) in [5.41, 5.74) is 2.06. The summed E-state index contributed by atoms with van der Waals surface area (Å²) in [7, 11) is 1.37. The minimum atomic E-state index is -0.276. The number of rotatable bonds is 3. The third kappa shape index (κ3) is 3.03. The van der Waals surface area contributed by atoms with Crippen molar-refractivity contribution in [1.29, 1.82) is 0 Å². The molecule has 1 aromatic carbocycles. The predicted molar refractivity (Wildman–Crippen MR) is 59.4 cm³/mol. The fourth-order valence-corrected chi connectivity index (χ4v) is 1.33. The second-order valence-corrected chi connectivity index (χ2v) is 3.75. The van der Waals surface area contributed by atoms with Crippen molar-refractivity contribution in [1.82, 2.24) is 0 Å². The zero-order valence-corrected chi connectivity index (χ0v) is 9.72. The van der Waals surface area contributed by atoms with E-state index in [0.29, 0.717) is 0 Å². The summed E-state index contributed by atoms with van der Waals surface area (Å²) in [4.78, 5) is 10.8. The Morgan fingerprint density at radius 3 is 2.86 bits per heavy atom. The molecule has 0 bridgehead atoms. The average Bonchev–Trinajstić information content (AvgIpc) is 2.19. The summed E-state index contributed by atoms with van der Waals surface area (Å²) >= 11 is 3.41. The monoisotopic (exact) mass is 257 g/mol. The maximum Gasteiger partial charge on any atom is 0.325 e. The molecule has 0 unspecified atom stereocenters.